The Hall–Kier alpha value is -3.87. The number of aromatic hydroxyl groups is 1. The van der Waals surface area contributed by atoms with Gasteiger partial charge in [-0.1, -0.05) is 12.1 Å². The van der Waals surface area contributed by atoms with Crippen LogP contribution in [-0.2, 0) is 4.74 Å². The van der Waals surface area contributed by atoms with E-state index < -0.39 is 23.2 Å². The summed E-state index contributed by atoms with van der Waals surface area (Å²) in [7, 11) is 0. The molecule has 4 aliphatic heterocycles. The first-order chi connectivity index (χ1) is 21.8. The fourth-order valence-electron chi connectivity index (χ4n) is 7.90. The van der Waals surface area contributed by atoms with Crippen LogP contribution in [0.3, 0.4) is 0 Å². The molecule has 0 spiro atoms. The molecule has 3 atom stereocenters. The minimum absolute atomic E-state index is 0.0895. The summed E-state index contributed by atoms with van der Waals surface area (Å²) in [5, 5.41) is 11.4. The molecular weight excluding hydrogens is 584 g/mol. The normalized spacial score (nSPS) is 25.6. The van der Waals surface area contributed by atoms with Crippen LogP contribution >= 0.6 is 0 Å². The van der Waals surface area contributed by atoms with E-state index in [1.54, 1.807) is 19.1 Å². The first kappa shape index (κ1) is 28.6. The summed E-state index contributed by atoms with van der Waals surface area (Å²) < 4.78 is 47.7. The van der Waals surface area contributed by atoms with E-state index in [4.69, 9.17) is 23.9 Å². The van der Waals surface area contributed by atoms with Crippen LogP contribution in [0.1, 0.15) is 24.8 Å². The molecule has 8 rings (SSSR count). The number of morpholine rings is 1. The third-order valence-electron chi connectivity index (χ3n) is 10.1. The Bertz CT molecular complexity index is 1870. The highest BCUT2D eigenvalue weighted by molar-refractivity contribution is 6.00. The van der Waals surface area contributed by atoms with Gasteiger partial charge in [-0.2, -0.15) is 9.97 Å². The lowest BCUT2D eigenvalue weighted by Crippen LogP contribution is -2.58. The predicted octanol–water partition coefficient (Wildman–Crippen LogP) is 4.03. The molecule has 0 amide bonds. The number of aryl methyl sites for hydroxylation is 1. The van der Waals surface area contributed by atoms with Crippen LogP contribution in [-0.4, -0.2) is 102 Å². The van der Waals surface area contributed by atoms with Crippen molar-refractivity contribution in [2.75, 3.05) is 64.0 Å². The molecule has 10 nitrogen and oxygen atoms in total. The number of benzene rings is 2. The largest absolute Gasteiger partial charge is 0.508 e. The molecule has 0 saturated carbocycles. The lowest BCUT2D eigenvalue weighted by molar-refractivity contribution is -0.0117. The van der Waals surface area contributed by atoms with Gasteiger partial charge in [-0.3, -0.25) is 9.80 Å². The maximum Gasteiger partial charge on any atom is 0.349 e. The van der Waals surface area contributed by atoms with Gasteiger partial charge in [0.05, 0.1) is 30.3 Å². The average molecular weight is 620 g/mol. The molecule has 1 N–H and O–H groups in total. The Labute approximate surface area is 258 Å². The minimum Gasteiger partial charge on any atom is -0.508 e. The number of halogens is 2. The van der Waals surface area contributed by atoms with Gasteiger partial charge in [0.15, 0.2) is 5.82 Å². The van der Waals surface area contributed by atoms with Crippen molar-refractivity contribution in [3.8, 4) is 23.1 Å². The summed E-state index contributed by atoms with van der Waals surface area (Å²) in [5.41, 5.74) is -0.0172. The SMILES string of the molecule is Cc1c(-c2cc(O)cc3cccc(F)c23)oc(=O)c2c(N3CCN4CCOCC4C3)nc(OC[C@@]34CCCN3C[C@H](F)C4)nc12. The Morgan fingerprint density at radius 2 is 2.02 bits per heavy atom. The number of rotatable bonds is 5. The third-order valence-corrected chi connectivity index (χ3v) is 10.1. The van der Waals surface area contributed by atoms with Crippen LogP contribution in [0.4, 0.5) is 14.6 Å². The van der Waals surface area contributed by atoms with E-state index in [2.05, 4.69) is 14.7 Å². The summed E-state index contributed by atoms with van der Waals surface area (Å²) >= 11 is 0. The number of fused-ring (bicyclic) bond motifs is 4. The molecule has 0 radical (unpaired) electrons. The van der Waals surface area contributed by atoms with E-state index >= 15 is 4.39 Å². The van der Waals surface area contributed by atoms with Gasteiger partial charge >= 0.3 is 11.6 Å². The second kappa shape index (κ2) is 10.9. The number of hydrogen-bond donors (Lipinski definition) is 1. The summed E-state index contributed by atoms with van der Waals surface area (Å²) in [6, 6.07) is 7.67. The Morgan fingerprint density at radius 1 is 1.13 bits per heavy atom. The van der Waals surface area contributed by atoms with Crippen molar-refractivity contribution in [1.29, 1.82) is 0 Å². The number of piperazine rings is 1. The highest BCUT2D eigenvalue weighted by Gasteiger charge is 2.49. The first-order valence-corrected chi connectivity index (χ1v) is 15.7. The maximum atomic E-state index is 15.2. The first-order valence-electron chi connectivity index (χ1n) is 15.7. The van der Waals surface area contributed by atoms with Crippen LogP contribution in [0.5, 0.6) is 11.8 Å². The number of phenols is 1. The number of hydrogen-bond acceptors (Lipinski definition) is 10. The smallest absolute Gasteiger partial charge is 0.349 e. The number of aromatic nitrogens is 2. The highest BCUT2D eigenvalue weighted by Crippen LogP contribution is 2.41. The molecule has 2 aromatic carbocycles. The molecule has 4 fully saturated rings. The molecule has 2 aromatic heterocycles. The van der Waals surface area contributed by atoms with Crippen molar-refractivity contribution in [2.45, 2.75) is 43.9 Å². The molecule has 45 heavy (non-hydrogen) atoms. The molecule has 4 saturated heterocycles. The fraction of sp³-hybridized carbons (Fsp3) is 0.485. The van der Waals surface area contributed by atoms with E-state index in [1.807, 2.05) is 0 Å². The molecule has 6 heterocycles. The van der Waals surface area contributed by atoms with Crippen LogP contribution in [0.25, 0.3) is 33.0 Å². The zero-order chi connectivity index (χ0) is 30.9. The number of ether oxygens (including phenoxy) is 2. The molecule has 12 heteroatoms. The fourth-order valence-corrected chi connectivity index (χ4v) is 7.90. The Morgan fingerprint density at radius 3 is 2.91 bits per heavy atom. The van der Waals surface area contributed by atoms with Gasteiger partial charge < -0.3 is 23.9 Å². The summed E-state index contributed by atoms with van der Waals surface area (Å²) in [4.78, 5) is 30.0. The quantitative estimate of drug-likeness (QED) is 0.352. The number of anilines is 1. The average Bonchev–Trinajstić information content (AvgIpc) is 3.56. The van der Waals surface area contributed by atoms with Gasteiger partial charge in [0, 0.05) is 55.7 Å². The van der Waals surface area contributed by atoms with Gasteiger partial charge in [0.25, 0.3) is 0 Å². The van der Waals surface area contributed by atoms with Gasteiger partial charge in [0.1, 0.15) is 35.5 Å². The van der Waals surface area contributed by atoms with Crippen LogP contribution in [0, 0.1) is 12.7 Å². The number of alkyl halides is 1. The van der Waals surface area contributed by atoms with Gasteiger partial charge in [-0.25, -0.2) is 13.6 Å². The van der Waals surface area contributed by atoms with Crippen LogP contribution in [0.15, 0.2) is 39.5 Å². The number of phenolic OH excluding ortho intramolecular Hbond substituents is 1. The monoisotopic (exact) mass is 619 g/mol. The maximum absolute atomic E-state index is 15.2. The van der Waals surface area contributed by atoms with Crippen LogP contribution < -0.4 is 15.3 Å². The third kappa shape index (κ3) is 4.81. The lowest BCUT2D eigenvalue weighted by Gasteiger charge is -2.44. The van der Waals surface area contributed by atoms with Crippen molar-refractivity contribution in [3.63, 3.8) is 0 Å². The van der Waals surface area contributed by atoms with Crippen molar-refractivity contribution >= 4 is 27.5 Å². The summed E-state index contributed by atoms with van der Waals surface area (Å²) in [6.45, 7) is 7.36. The van der Waals surface area contributed by atoms with Gasteiger partial charge in [-0.05, 0) is 49.9 Å². The highest BCUT2D eigenvalue weighted by atomic mass is 19.1. The van der Waals surface area contributed by atoms with E-state index in [0.29, 0.717) is 61.6 Å². The zero-order valence-corrected chi connectivity index (χ0v) is 25.1. The second-order valence-electron chi connectivity index (χ2n) is 12.8. The zero-order valence-electron chi connectivity index (χ0n) is 25.1. The number of nitrogens with zero attached hydrogens (tertiary/aromatic N) is 5. The van der Waals surface area contributed by atoms with Gasteiger partial charge in [0.2, 0.25) is 0 Å². The van der Waals surface area contributed by atoms with E-state index in [1.165, 1.54) is 18.2 Å². The van der Waals surface area contributed by atoms with Gasteiger partial charge in [-0.15, -0.1) is 0 Å². The lowest BCUT2D eigenvalue weighted by atomic mass is 9.95. The molecule has 0 aliphatic carbocycles. The van der Waals surface area contributed by atoms with Crippen LogP contribution in [0.2, 0.25) is 0 Å². The standard InChI is InChI=1S/C33H35F2N5O5/c1-19-28-27(31(42)45-29(19)24-13-23(41)12-20-4-2-5-25(35)26(20)24)30(39-9-8-38-10-11-43-17-22(38)16-39)37-32(36-28)44-18-33-6-3-7-40(33)15-21(34)14-33/h2,4-5,12-13,21-22,41H,3,6-11,14-18H2,1H3/t21-,22?,33+/m1/s1. The molecular formula is C33H35F2N5O5. The molecule has 4 aliphatic rings. The van der Waals surface area contributed by atoms with Crippen molar-refractivity contribution in [3.05, 3.63) is 52.1 Å². The van der Waals surface area contributed by atoms with E-state index in [-0.39, 0.29) is 46.5 Å². The van der Waals surface area contributed by atoms with E-state index in [9.17, 15) is 14.3 Å². The predicted molar refractivity (Wildman–Crippen MR) is 164 cm³/mol. The van der Waals surface area contributed by atoms with Crippen molar-refractivity contribution in [2.24, 2.45) is 0 Å². The second-order valence-corrected chi connectivity index (χ2v) is 12.8. The Balaban J connectivity index is 1.27. The topological polar surface area (TPSA) is 104 Å². The van der Waals surface area contributed by atoms with Crippen molar-refractivity contribution < 1.29 is 27.8 Å². The Kier molecular flexibility index (Phi) is 6.92. The summed E-state index contributed by atoms with van der Waals surface area (Å²) in [6.07, 6.45) is 1.31. The van der Waals surface area contributed by atoms with E-state index in [0.717, 1.165) is 32.5 Å². The molecule has 1 unspecified atom stereocenters. The summed E-state index contributed by atoms with van der Waals surface area (Å²) in [5.74, 6) is -0.0802. The minimum atomic E-state index is -0.900. The van der Waals surface area contributed by atoms with Crippen molar-refractivity contribution in [1.82, 2.24) is 19.8 Å². The molecule has 4 aromatic rings. The molecule has 0 bridgehead atoms. The molecule has 236 valence electrons.